The first kappa shape index (κ1) is 22.2. The smallest absolute Gasteiger partial charge is 0.328 e. The summed E-state index contributed by atoms with van der Waals surface area (Å²) in [4.78, 5) is 28.2. The number of benzene rings is 2. The van der Waals surface area contributed by atoms with Gasteiger partial charge in [-0.15, -0.1) is 0 Å². The Labute approximate surface area is 182 Å². The first-order chi connectivity index (χ1) is 14.9. The molecule has 1 atom stereocenters. The summed E-state index contributed by atoms with van der Waals surface area (Å²) in [5.74, 6) is 0.0106. The molecular weight excluding hydrogens is 392 g/mol. The lowest BCUT2D eigenvalue weighted by Gasteiger charge is -2.17. The van der Waals surface area contributed by atoms with Crippen LogP contribution in [0.3, 0.4) is 0 Å². The van der Waals surface area contributed by atoms with Crippen LogP contribution in [0.5, 0.6) is 5.75 Å². The molecule has 0 aliphatic rings. The van der Waals surface area contributed by atoms with Gasteiger partial charge in [-0.1, -0.05) is 35.9 Å². The molecule has 31 heavy (non-hydrogen) atoms. The van der Waals surface area contributed by atoms with Gasteiger partial charge in [0.2, 0.25) is 5.91 Å². The highest BCUT2D eigenvalue weighted by Crippen LogP contribution is 2.26. The van der Waals surface area contributed by atoms with Gasteiger partial charge >= 0.3 is 5.97 Å². The van der Waals surface area contributed by atoms with Gasteiger partial charge in [-0.3, -0.25) is 4.79 Å². The number of carbonyl (C=O) groups excluding carboxylic acids is 2. The largest absolute Gasteiger partial charge is 0.497 e. The fourth-order valence-electron chi connectivity index (χ4n) is 3.60. The number of fused-ring (bicyclic) bond motifs is 1. The monoisotopic (exact) mass is 420 g/mol. The van der Waals surface area contributed by atoms with Crippen LogP contribution in [0, 0.1) is 0 Å². The number of allylic oxidation sites excluding steroid dienone is 1. The molecular formula is C25H28N2O4. The van der Waals surface area contributed by atoms with E-state index in [-0.39, 0.29) is 5.91 Å². The van der Waals surface area contributed by atoms with E-state index in [1.165, 1.54) is 13.2 Å². The summed E-state index contributed by atoms with van der Waals surface area (Å²) in [6.45, 7) is 3.67. The number of nitrogens with one attached hydrogen (secondary N) is 2. The average molecular weight is 421 g/mol. The highest BCUT2D eigenvalue weighted by molar-refractivity contribution is 5.92. The number of rotatable bonds is 8. The van der Waals surface area contributed by atoms with Crippen LogP contribution in [0.25, 0.3) is 10.9 Å². The van der Waals surface area contributed by atoms with E-state index in [0.29, 0.717) is 12.8 Å². The number of aromatic nitrogens is 1. The number of aromatic amines is 1. The minimum absolute atomic E-state index is 0.313. The number of methoxy groups -OCH3 is 2. The lowest BCUT2D eigenvalue weighted by atomic mass is 9.98. The van der Waals surface area contributed by atoms with Gasteiger partial charge in [0, 0.05) is 35.5 Å². The molecule has 0 radical (unpaired) electrons. The molecule has 3 aromatic rings. The van der Waals surface area contributed by atoms with Crippen molar-refractivity contribution in [2.45, 2.75) is 32.7 Å². The second-order valence-electron chi connectivity index (χ2n) is 7.66. The molecule has 0 unspecified atom stereocenters. The van der Waals surface area contributed by atoms with Crippen LogP contribution < -0.4 is 10.1 Å². The van der Waals surface area contributed by atoms with Crippen molar-refractivity contribution < 1.29 is 19.1 Å². The Morgan fingerprint density at radius 2 is 1.77 bits per heavy atom. The van der Waals surface area contributed by atoms with Gasteiger partial charge in [-0.05, 0) is 43.2 Å². The molecule has 3 rings (SSSR count). The number of ether oxygens (including phenoxy) is 2. The molecule has 0 saturated carbocycles. The number of esters is 1. The van der Waals surface area contributed by atoms with Gasteiger partial charge in [-0.2, -0.15) is 0 Å². The Kier molecular flexibility index (Phi) is 7.13. The minimum atomic E-state index is -0.790. The molecule has 0 aliphatic carbocycles. The third-order valence-electron chi connectivity index (χ3n) is 5.07. The van der Waals surface area contributed by atoms with E-state index in [1.807, 2.05) is 62.4 Å². The quantitative estimate of drug-likeness (QED) is 0.427. The van der Waals surface area contributed by atoms with E-state index in [4.69, 9.17) is 9.47 Å². The van der Waals surface area contributed by atoms with Crippen molar-refractivity contribution in [2.24, 2.45) is 0 Å². The molecule has 2 aromatic carbocycles. The summed E-state index contributed by atoms with van der Waals surface area (Å²) >= 11 is 0. The molecule has 1 heterocycles. The summed E-state index contributed by atoms with van der Waals surface area (Å²) in [6, 6.07) is 15.0. The Morgan fingerprint density at radius 3 is 2.42 bits per heavy atom. The molecule has 2 N–H and O–H groups in total. The lowest BCUT2D eigenvalue weighted by molar-refractivity contribution is -0.144. The normalized spacial score (nSPS) is 11.6. The lowest BCUT2D eigenvalue weighted by Crippen LogP contribution is -2.42. The van der Waals surface area contributed by atoms with Crippen molar-refractivity contribution in [1.29, 1.82) is 0 Å². The van der Waals surface area contributed by atoms with Gasteiger partial charge < -0.3 is 19.8 Å². The second-order valence-corrected chi connectivity index (χ2v) is 7.66. The van der Waals surface area contributed by atoms with Crippen LogP contribution in [0.2, 0.25) is 0 Å². The highest BCUT2D eigenvalue weighted by Gasteiger charge is 2.24. The predicted octanol–water partition coefficient (Wildman–Crippen LogP) is 3.93. The standard InChI is InChI=1S/C25H28N2O4/c1-16(2)13-24(28)27-23(25(29)31-4)15-20-19-7-5-6-8-21(19)26-22(20)14-17-9-11-18(30-3)12-10-17/h5-13,23,26H,14-15H2,1-4H3,(H,27,28)/t23-/m0/s1. The Morgan fingerprint density at radius 1 is 1.06 bits per heavy atom. The zero-order valence-corrected chi connectivity index (χ0v) is 18.3. The number of carbonyl (C=O) groups is 2. The SMILES string of the molecule is COC(=O)[C@H](Cc1c(Cc2ccc(OC)cc2)[nH]c2ccccc12)NC(=O)C=C(C)C. The molecule has 6 heteroatoms. The van der Waals surface area contributed by atoms with Crippen molar-refractivity contribution in [3.05, 3.63) is 77.0 Å². The van der Waals surface area contributed by atoms with Gasteiger partial charge in [0.25, 0.3) is 0 Å². The van der Waals surface area contributed by atoms with Crippen molar-refractivity contribution in [2.75, 3.05) is 14.2 Å². The second kappa shape index (κ2) is 9.98. The van der Waals surface area contributed by atoms with E-state index in [2.05, 4.69) is 10.3 Å². The maximum atomic E-state index is 12.5. The third-order valence-corrected chi connectivity index (χ3v) is 5.07. The Hall–Kier alpha value is -3.54. The van der Waals surface area contributed by atoms with Gasteiger partial charge in [0.15, 0.2) is 0 Å². The van der Waals surface area contributed by atoms with Gasteiger partial charge in [0.05, 0.1) is 14.2 Å². The predicted molar refractivity (Wildman–Crippen MR) is 121 cm³/mol. The Bertz CT molecular complexity index is 1090. The third kappa shape index (κ3) is 5.54. The van der Waals surface area contributed by atoms with Crippen molar-refractivity contribution in [3.8, 4) is 5.75 Å². The highest BCUT2D eigenvalue weighted by atomic mass is 16.5. The summed E-state index contributed by atoms with van der Waals surface area (Å²) in [6.07, 6.45) is 2.46. The topological polar surface area (TPSA) is 80.4 Å². The number of para-hydroxylation sites is 1. The summed E-state index contributed by atoms with van der Waals surface area (Å²) in [7, 11) is 2.97. The number of hydrogen-bond donors (Lipinski definition) is 2. The maximum absolute atomic E-state index is 12.5. The first-order valence-electron chi connectivity index (χ1n) is 10.2. The molecule has 0 spiro atoms. The Balaban J connectivity index is 1.95. The molecule has 0 fully saturated rings. The van der Waals surface area contributed by atoms with Crippen molar-refractivity contribution in [3.63, 3.8) is 0 Å². The number of hydrogen-bond acceptors (Lipinski definition) is 4. The van der Waals surface area contributed by atoms with E-state index in [1.54, 1.807) is 7.11 Å². The fraction of sp³-hybridized carbons (Fsp3) is 0.280. The van der Waals surface area contributed by atoms with Crippen LogP contribution >= 0.6 is 0 Å². The number of amides is 1. The van der Waals surface area contributed by atoms with Crippen LogP contribution in [0.15, 0.2) is 60.2 Å². The van der Waals surface area contributed by atoms with Gasteiger partial charge in [0.1, 0.15) is 11.8 Å². The summed E-state index contributed by atoms with van der Waals surface area (Å²) in [5.41, 5.74) is 4.93. The van der Waals surface area contributed by atoms with Crippen LogP contribution in [0.1, 0.15) is 30.7 Å². The summed E-state index contributed by atoms with van der Waals surface area (Å²) in [5, 5.41) is 3.81. The fourth-order valence-corrected chi connectivity index (χ4v) is 3.60. The molecule has 0 aliphatic heterocycles. The maximum Gasteiger partial charge on any atom is 0.328 e. The van der Waals surface area contributed by atoms with E-state index in [9.17, 15) is 9.59 Å². The molecule has 1 aromatic heterocycles. The molecule has 0 bridgehead atoms. The molecule has 162 valence electrons. The number of H-pyrrole nitrogens is 1. The molecule has 0 saturated heterocycles. The minimum Gasteiger partial charge on any atom is -0.497 e. The van der Waals surface area contributed by atoms with Gasteiger partial charge in [-0.25, -0.2) is 4.79 Å². The van der Waals surface area contributed by atoms with E-state index in [0.717, 1.165) is 39.0 Å². The van der Waals surface area contributed by atoms with Crippen LogP contribution in [0.4, 0.5) is 0 Å². The summed E-state index contributed by atoms with van der Waals surface area (Å²) < 4.78 is 10.2. The van der Waals surface area contributed by atoms with Crippen molar-refractivity contribution >= 4 is 22.8 Å². The zero-order chi connectivity index (χ0) is 22.4. The van der Waals surface area contributed by atoms with Crippen LogP contribution in [-0.4, -0.2) is 37.1 Å². The average Bonchev–Trinajstić information content (AvgIpc) is 3.09. The molecule has 6 nitrogen and oxygen atoms in total. The van der Waals surface area contributed by atoms with E-state index >= 15 is 0 Å². The van der Waals surface area contributed by atoms with Crippen molar-refractivity contribution in [1.82, 2.24) is 10.3 Å². The molecule has 1 amide bonds. The zero-order valence-electron chi connectivity index (χ0n) is 18.3. The first-order valence-corrected chi connectivity index (χ1v) is 10.2. The van der Waals surface area contributed by atoms with Crippen LogP contribution in [-0.2, 0) is 27.2 Å². The van der Waals surface area contributed by atoms with E-state index < -0.39 is 12.0 Å².